The van der Waals surface area contributed by atoms with Crippen molar-refractivity contribution in [2.75, 3.05) is 26.2 Å². The lowest BCUT2D eigenvalue weighted by atomic mass is 10.1. The average molecular weight is 363 g/mol. The molecule has 1 fully saturated rings. The third kappa shape index (κ3) is 5.25. The highest BCUT2D eigenvalue weighted by atomic mass is 35.5. The molecule has 1 saturated heterocycles. The number of hydrogen-bond acceptors (Lipinski definition) is 4. The van der Waals surface area contributed by atoms with Gasteiger partial charge in [-0.25, -0.2) is 0 Å². The fraction of sp³-hybridized carbons (Fsp3) is 0.421. The number of furan rings is 1. The number of carbonyl (C=O) groups is 1. The van der Waals surface area contributed by atoms with E-state index in [0.29, 0.717) is 17.3 Å². The van der Waals surface area contributed by atoms with Gasteiger partial charge in [0, 0.05) is 11.6 Å². The Hall–Kier alpha value is -1.98. The van der Waals surface area contributed by atoms with Crippen LogP contribution in [0.3, 0.4) is 0 Å². The van der Waals surface area contributed by atoms with Crippen molar-refractivity contribution in [3.63, 3.8) is 0 Å². The van der Waals surface area contributed by atoms with Gasteiger partial charge in [0.2, 0.25) is 0 Å². The third-order valence-electron chi connectivity index (χ3n) is 4.36. The van der Waals surface area contributed by atoms with Crippen LogP contribution in [0.4, 0.5) is 0 Å². The minimum Gasteiger partial charge on any atom is -0.484 e. The first-order valence-electron chi connectivity index (χ1n) is 8.65. The van der Waals surface area contributed by atoms with E-state index in [2.05, 4.69) is 10.2 Å². The van der Waals surface area contributed by atoms with Gasteiger partial charge in [0.25, 0.3) is 5.91 Å². The van der Waals surface area contributed by atoms with Crippen LogP contribution in [0.5, 0.6) is 5.75 Å². The molecule has 3 rings (SSSR count). The van der Waals surface area contributed by atoms with Gasteiger partial charge in [0.15, 0.2) is 6.61 Å². The zero-order chi connectivity index (χ0) is 17.5. The molecule has 1 unspecified atom stereocenters. The van der Waals surface area contributed by atoms with E-state index in [0.717, 1.165) is 18.8 Å². The van der Waals surface area contributed by atoms with E-state index >= 15 is 0 Å². The van der Waals surface area contributed by atoms with Crippen LogP contribution in [0, 0.1) is 0 Å². The van der Waals surface area contributed by atoms with Crippen LogP contribution in [-0.2, 0) is 4.79 Å². The lowest BCUT2D eigenvalue weighted by molar-refractivity contribution is -0.123. The maximum absolute atomic E-state index is 12.1. The summed E-state index contributed by atoms with van der Waals surface area (Å²) in [4.78, 5) is 14.5. The SMILES string of the molecule is O=C(COc1cccc(Cl)c1)NCC(c1ccco1)N1CCCCC1. The molecule has 1 N–H and O–H groups in total. The summed E-state index contributed by atoms with van der Waals surface area (Å²) >= 11 is 5.91. The molecule has 5 nitrogen and oxygen atoms in total. The van der Waals surface area contributed by atoms with E-state index in [4.69, 9.17) is 20.8 Å². The fourth-order valence-electron chi connectivity index (χ4n) is 3.09. The van der Waals surface area contributed by atoms with Crippen LogP contribution < -0.4 is 10.1 Å². The molecule has 0 spiro atoms. The summed E-state index contributed by atoms with van der Waals surface area (Å²) in [5.41, 5.74) is 0. The molecule has 2 heterocycles. The molecular formula is C19H23ClN2O3. The monoisotopic (exact) mass is 362 g/mol. The van der Waals surface area contributed by atoms with E-state index in [1.54, 1.807) is 30.5 Å². The molecular weight excluding hydrogens is 340 g/mol. The zero-order valence-corrected chi connectivity index (χ0v) is 14.9. The van der Waals surface area contributed by atoms with Gasteiger partial charge in [-0.05, 0) is 56.3 Å². The molecule has 1 aliphatic heterocycles. The van der Waals surface area contributed by atoms with Gasteiger partial charge in [0.05, 0.1) is 12.3 Å². The minimum atomic E-state index is -0.159. The Kier molecular flexibility index (Phi) is 6.36. The van der Waals surface area contributed by atoms with E-state index in [1.165, 1.54) is 19.3 Å². The predicted molar refractivity (Wildman–Crippen MR) is 96.8 cm³/mol. The van der Waals surface area contributed by atoms with Crippen LogP contribution in [0.25, 0.3) is 0 Å². The third-order valence-corrected chi connectivity index (χ3v) is 4.60. The smallest absolute Gasteiger partial charge is 0.258 e. The molecule has 2 aromatic rings. The average Bonchev–Trinajstić information content (AvgIpc) is 3.15. The molecule has 0 radical (unpaired) electrons. The molecule has 0 saturated carbocycles. The Balaban J connectivity index is 1.52. The lowest BCUT2D eigenvalue weighted by Gasteiger charge is -2.33. The van der Waals surface area contributed by atoms with Crippen molar-refractivity contribution in [1.82, 2.24) is 10.2 Å². The normalized spacial score (nSPS) is 16.4. The molecule has 0 aliphatic carbocycles. The van der Waals surface area contributed by atoms with E-state index in [-0.39, 0.29) is 18.6 Å². The van der Waals surface area contributed by atoms with Crippen molar-refractivity contribution in [2.24, 2.45) is 0 Å². The molecule has 1 amide bonds. The quantitative estimate of drug-likeness (QED) is 0.816. The molecule has 1 atom stereocenters. The maximum atomic E-state index is 12.1. The summed E-state index contributed by atoms with van der Waals surface area (Å²) in [7, 11) is 0. The second-order valence-corrected chi connectivity index (χ2v) is 6.61. The topological polar surface area (TPSA) is 54.7 Å². The Morgan fingerprint density at radius 2 is 2.08 bits per heavy atom. The lowest BCUT2D eigenvalue weighted by Crippen LogP contribution is -2.41. The van der Waals surface area contributed by atoms with Crippen molar-refractivity contribution in [1.29, 1.82) is 0 Å². The van der Waals surface area contributed by atoms with Crippen molar-refractivity contribution < 1.29 is 13.9 Å². The van der Waals surface area contributed by atoms with Gasteiger partial charge in [-0.2, -0.15) is 0 Å². The first kappa shape index (κ1) is 17.8. The maximum Gasteiger partial charge on any atom is 0.258 e. The standard InChI is InChI=1S/C19H23ClN2O3/c20-15-6-4-7-16(12-15)25-14-19(23)21-13-17(18-8-5-11-24-18)22-9-2-1-3-10-22/h4-8,11-12,17H,1-3,9-10,13-14H2,(H,21,23). The second kappa shape index (κ2) is 8.92. The predicted octanol–water partition coefficient (Wildman–Crippen LogP) is 3.66. The van der Waals surface area contributed by atoms with Gasteiger partial charge >= 0.3 is 0 Å². The van der Waals surface area contributed by atoms with Crippen LogP contribution in [0.15, 0.2) is 47.1 Å². The highest BCUT2D eigenvalue weighted by molar-refractivity contribution is 6.30. The number of piperidine rings is 1. The molecule has 1 aliphatic rings. The number of ether oxygens (including phenoxy) is 1. The zero-order valence-electron chi connectivity index (χ0n) is 14.1. The second-order valence-electron chi connectivity index (χ2n) is 6.18. The fourth-order valence-corrected chi connectivity index (χ4v) is 3.27. The summed E-state index contributed by atoms with van der Waals surface area (Å²) in [5, 5.41) is 3.54. The van der Waals surface area contributed by atoms with E-state index < -0.39 is 0 Å². The Bertz CT molecular complexity index is 669. The van der Waals surface area contributed by atoms with Crippen LogP contribution >= 0.6 is 11.6 Å². The molecule has 25 heavy (non-hydrogen) atoms. The molecule has 1 aromatic carbocycles. The van der Waals surface area contributed by atoms with E-state index in [1.807, 2.05) is 12.1 Å². The highest BCUT2D eigenvalue weighted by Crippen LogP contribution is 2.24. The number of benzene rings is 1. The minimum absolute atomic E-state index is 0.0365. The number of nitrogens with one attached hydrogen (secondary N) is 1. The largest absolute Gasteiger partial charge is 0.484 e. The summed E-state index contributed by atoms with van der Waals surface area (Å²) in [6.45, 7) is 2.52. The van der Waals surface area contributed by atoms with Gasteiger partial charge in [-0.3, -0.25) is 9.69 Å². The number of likely N-dealkylation sites (tertiary alicyclic amines) is 1. The van der Waals surface area contributed by atoms with Gasteiger partial charge < -0.3 is 14.5 Å². The first-order valence-corrected chi connectivity index (χ1v) is 9.03. The van der Waals surface area contributed by atoms with Crippen molar-refractivity contribution >= 4 is 17.5 Å². The Morgan fingerprint density at radius 1 is 1.24 bits per heavy atom. The summed E-state index contributed by atoms with van der Waals surface area (Å²) < 4.78 is 11.1. The van der Waals surface area contributed by atoms with Crippen LogP contribution in [-0.4, -0.2) is 37.0 Å². The molecule has 1 aromatic heterocycles. The summed E-state index contributed by atoms with van der Waals surface area (Å²) in [5.74, 6) is 1.31. The number of hydrogen-bond donors (Lipinski definition) is 1. The first-order chi connectivity index (χ1) is 12.2. The highest BCUT2D eigenvalue weighted by Gasteiger charge is 2.24. The van der Waals surface area contributed by atoms with Gasteiger partial charge in [0.1, 0.15) is 11.5 Å². The Morgan fingerprint density at radius 3 is 2.80 bits per heavy atom. The van der Waals surface area contributed by atoms with Crippen LogP contribution in [0.2, 0.25) is 5.02 Å². The van der Waals surface area contributed by atoms with Crippen molar-refractivity contribution in [2.45, 2.75) is 25.3 Å². The van der Waals surface area contributed by atoms with E-state index in [9.17, 15) is 4.79 Å². The number of rotatable bonds is 7. The number of amides is 1. The molecule has 6 heteroatoms. The van der Waals surface area contributed by atoms with Gasteiger partial charge in [-0.1, -0.05) is 24.1 Å². The van der Waals surface area contributed by atoms with Crippen molar-refractivity contribution in [3.8, 4) is 5.75 Å². The Labute approximate surface area is 152 Å². The number of halogens is 1. The number of carbonyl (C=O) groups excluding carboxylic acids is 1. The van der Waals surface area contributed by atoms with Gasteiger partial charge in [-0.15, -0.1) is 0 Å². The van der Waals surface area contributed by atoms with Crippen LogP contribution in [0.1, 0.15) is 31.1 Å². The number of nitrogens with zero attached hydrogens (tertiary/aromatic N) is 1. The molecule has 0 bridgehead atoms. The summed E-state index contributed by atoms with van der Waals surface area (Å²) in [6.07, 6.45) is 5.31. The molecule has 134 valence electrons. The van der Waals surface area contributed by atoms with Crippen molar-refractivity contribution in [3.05, 3.63) is 53.4 Å². The summed E-state index contributed by atoms with van der Waals surface area (Å²) in [6, 6.07) is 10.9.